The SMILES string of the molecule is O=[N+]([O-])c1ccc(N2CC(N3CCNCC3)C2)cc1I. The number of nitrogens with zero attached hydrogens (tertiary/aromatic N) is 3. The summed E-state index contributed by atoms with van der Waals surface area (Å²) in [7, 11) is 0. The van der Waals surface area contributed by atoms with Gasteiger partial charge in [-0.2, -0.15) is 0 Å². The molecule has 7 heteroatoms. The molecule has 2 heterocycles. The van der Waals surface area contributed by atoms with Crippen LogP contribution in [0.5, 0.6) is 0 Å². The Hall–Kier alpha value is -0.930. The summed E-state index contributed by atoms with van der Waals surface area (Å²) in [6.45, 7) is 6.44. The Kier molecular flexibility index (Phi) is 4.08. The average molecular weight is 388 g/mol. The van der Waals surface area contributed by atoms with Crippen molar-refractivity contribution in [2.24, 2.45) is 0 Å². The summed E-state index contributed by atoms with van der Waals surface area (Å²) in [6, 6.07) is 6.00. The zero-order valence-electron chi connectivity index (χ0n) is 11.1. The highest BCUT2D eigenvalue weighted by molar-refractivity contribution is 14.1. The van der Waals surface area contributed by atoms with Crippen LogP contribution in [0.3, 0.4) is 0 Å². The van der Waals surface area contributed by atoms with E-state index in [0.29, 0.717) is 9.61 Å². The number of anilines is 1. The lowest BCUT2D eigenvalue weighted by Crippen LogP contribution is -2.62. The van der Waals surface area contributed by atoms with E-state index < -0.39 is 0 Å². The summed E-state index contributed by atoms with van der Waals surface area (Å²) < 4.78 is 0.704. The van der Waals surface area contributed by atoms with Gasteiger partial charge in [0.15, 0.2) is 0 Å². The minimum absolute atomic E-state index is 0.188. The van der Waals surface area contributed by atoms with Gasteiger partial charge in [0.2, 0.25) is 0 Å². The van der Waals surface area contributed by atoms with Gasteiger partial charge in [-0.1, -0.05) is 0 Å². The van der Waals surface area contributed by atoms with Crippen LogP contribution in [0.25, 0.3) is 0 Å². The quantitative estimate of drug-likeness (QED) is 0.481. The lowest BCUT2D eigenvalue weighted by Gasteiger charge is -2.48. The van der Waals surface area contributed by atoms with Gasteiger partial charge in [0.25, 0.3) is 5.69 Å². The summed E-state index contributed by atoms with van der Waals surface area (Å²) >= 11 is 2.04. The molecule has 6 nitrogen and oxygen atoms in total. The second-order valence-electron chi connectivity index (χ2n) is 5.24. The average Bonchev–Trinajstić information content (AvgIpc) is 2.38. The fraction of sp³-hybridized carbons (Fsp3) is 0.538. The predicted molar refractivity (Wildman–Crippen MR) is 86.3 cm³/mol. The molecular formula is C13H17IN4O2. The van der Waals surface area contributed by atoms with Crippen LogP contribution in [0.1, 0.15) is 0 Å². The molecule has 3 rings (SSSR count). The maximum absolute atomic E-state index is 10.8. The molecule has 0 aliphatic carbocycles. The van der Waals surface area contributed by atoms with Crippen molar-refractivity contribution in [3.05, 3.63) is 31.9 Å². The van der Waals surface area contributed by atoms with Crippen molar-refractivity contribution in [1.82, 2.24) is 10.2 Å². The first kappa shape index (κ1) is 14.0. The van der Waals surface area contributed by atoms with Crippen LogP contribution in [0, 0.1) is 13.7 Å². The van der Waals surface area contributed by atoms with Gasteiger partial charge in [0.1, 0.15) is 0 Å². The first-order valence-corrected chi connectivity index (χ1v) is 7.86. The molecule has 0 unspecified atom stereocenters. The van der Waals surface area contributed by atoms with Gasteiger partial charge in [-0.25, -0.2) is 0 Å². The fourth-order valence-corrected chi connectivity index (χ4v) is 3.48. The number of benzene rings is 1. The molecule has 1 aromatic rings. The number of nitro groups is 1. The van der Waals surface area contributed by atoms with Gasteiger partial charge in [-0.15, -0.1) is 0 Å². The van der Waals surface area contributed by atoms with Crippen LogP contribution in [0.2, 0.25) is 0 Å². The van der Waals surface area contributed by atoms with Crippen molar-refractivity contribution in [3.8, 4) is 0 Å². The van der Waals surface area contributed by atoms with Gasteiger partial charge in [-0.3, -0.25) is 15.0 Å². The third-order valence-corrected chi connectivity index (χ3v) is 4.89. The standard InChI is InChI=1S/C13H17IN4O2/c14-12-7-10(1-2-13(12)18(19)20)17-8-11(9-17)16-5-3-15-4-6-16/h1-2,7,11,15H,3-6,8-9H2. The highest BCUT2D eigenvalue weighted by Crippen LogP contribution is 2.29. The molecule has 2 aliphatic heterocycles. The van der Waals surface area contributed by atoms with Crippen LogP contribution in [0.4, 0.5) is 11.4 Å². The Morgan fingerprint density at radius 3 is 2.60 bits per heavy atom. The molecule has 0 atom stereocenters. The lowest BCUT2D eigenvalue weighted by atomic mass is 10.0. The Balaban J connectivity index is 1.62. The lowest BCUT2D eigenvalue weighted by molar-refractivity contribution is -0.385. The second kappa shape index (κ2) is 5.82. The van der Waals surface area contributed by atoms with Crippen molar-refractivity contribution in [2.75, 3.05) is 44.2 Å². The summed E-state index contributed by atoms with van der Waals surface area (Å²) in [5, 5.41) is 14.2. The molecule has 0 aromatic heterocycles. The van der Waals surface area contributed by atoms with Gasteiger partial charge in [-0.05, 0) is 34.7 Å². The molecule has 20 heavy (non-hydrogen) atoms. The molecule has 0 saturated carbocycles. The first-order valence-electron chi connectivity index (χ1n) is 6.79. The predicted octanol–water partition coefficient (Wildman–Crippen LogP) is 1.29. The molecule has 2 fully saturated rings. The summed E-state index contributed by atoms with van der Waals surface area (Å²) in [4.78, 5) is 15.3. The van der Waals surface area contributed by atoms with Crippen molar-refractivity contribution >= 4 is 34.0 Å². The number of nitro benzene ring substituents is 1. The van der Waals surface area contributed by atoms with Crippen molar-refractivity contribution in [2.45, 2.75) is 6.04 Å². The van der Waals surface area contributed by atoms with E-state index in [1.54, 1.807) is 6.07 Å². The van der Waals surface area contributed by atoms with Crippen LogP contribution in [0.15, 0.2) is 18.2 Å². The fourth-order valence-electron chi connectivity index (χ4n) is 2.78. The molecule has 0 spiro atoms. The van der Waals surface area contributed by atoms with Crippen LogP contribution >= 0.6 is 22.6 Å². The van der Waals surface area contributed by atoms with E-state index in [4.69, 9.17) is 0 Å². The van der Waals surface area contributed by atoms with Gasteiger partial charge < -0.3 is 10.2 Å². The van der Waals surface area contributed by atoms with Crippen LogP contribution < -0.4 is 10.2 Å². The number of halogens is 1. The Bertz CT molecular complexity index is 513. The topological polar surface area (TPSA) is 61.7 Å². The molecule has 0 amide bonds. The Labute approximate surface area is 131 Å². The normalized spacial score (nSPS) is 20.8. The first-order chi connectivity index (χ1) is 9.65. The molecule has 0 bridgehead atoms. The van der Waals surface area contributed by atoms with E-state index in [1.807, 2.05) is 34.7 Å². The molecular weight excluding hydrogens is 371 g/mol. The third-order valence-electron chi connectivity index (χ3n) is 4.02. The van der Waals surface area contributed by atoms with Crippen molar-refractivity contribution in [1.29, 1.82) is 0 Å². The number of hydrogen-bond acceptors (Lipinski definition) is 5. The van der Waals surface area contributed by atoms with E-state index in [9.17, 15) is 10.1 Å². The maximum atomic E-state index is 10.8. The minimum atomic E-state index is -0.328. The number of nitrogens with one attached hydrogen (secondary N) is 1. The second-order valence-corrected chi connectivity index (χ2v) is 6.40. The highest BCUT2D eigenvalue weighted by Gasteiger charge is 2.32. The Morgan fingerprint density at radius 2 is 2.00 bits per heavy atom. The third kappa shape index (κ3) is 2.75. The van der Waals surface area contributed by atoms with E-state index in [2.05, 4.69) is 15.1 Å². The van der Waals surface area contributed by atoms with E-state index in [1.165, 1.54) is 0 Å². The van der Waals surface area contributed by atoms with Gasteiger partial charge >= 0.3 is 0 Å². The van der Waals surface area contributed by atoms with Crippen molar-refractivity contribution < 1.29 is 4.92 Å². The summed E-state index contributed by atoms with van der Waals surface area (Å²) in [5.74, 6) is 0. The highest BCUT2D eigenvalue weighted by atomic mass is 127. The number of rotatable bonds is 3. The van der Waals surface area contributed by atoms with Crippen molar-refractivity contribution in [3.63, 3.8) is 0 Å². The largest absolute Gasteiger partial charge is 0.368 e. The zero-order valence-corrected chi connectivity index (χ0v) is 13.2. The van der Waals surface area contributed by atoms with Crippen LogP contribution in [-0.4, -0.2) is 55.1 Å². The molecule has 2 aliphatic rings. The van der Waals surface area contributed by atoms with Gasteiger partial charge in [0.05, 0.1) is 8.49 Å². The van der Waals surface area contributed by atoms with E-state index >= 15 is 0 Å². The van der Waals surface area contributed by atoms with Gasteiger partial charge in [0, 0.05) is 57.1 Å². The zero-order chi connectivity index (χ0) is 14.1. The monoisotopic (exact) mass is 388 g/mol. The Morgan fingerprint density at radius 1 is 1.30 bits per heavy atom. The minimum Gasteiger partial charge on any atom is -0.368 e. The van der Waals surface area contributed by atoms with E-state index in [0.717, 1.165) is 45.0 Å². The smallest absolute Gasteiger partial charge is 0.282 e. The molecule has 1 aromatic carbocycles. The summed E-state index contributed by atoms with van der Waals surface area (Å²) in [6.07, 6.45) is 0. The maximum Gasteiger partial charge on any atom is 0.282 e. The number of hydrogen-bond donors (Lipinski definition) is 1. The number of piperazine rings is 1. The summed E-state index contributed by atoms with van der Waals surface area (Å²) in [5.41, 5.74) is 1.28. The molecule has 0 radical (unpaired) electrons. The molecule has 2 saturated heterocycles. The molecule has 1 N–H and O–H groups in total. The van der Waals surface area contributed by atoms with Crippen LogP contribution in [-0.2, 0) is 0 Å². The molecule has 108 valence electrons. The van der Waals surface area contributed by atoms with E-state index in [-0.39, 0.29) is 10.6 Å².